The second kappa shape index (κ2) is 9.31. The van der Waals surface area contributed by atoms with Crippen molar-refractivity contribution < 1.29 is 13.9 Å². The number of nitrogens with zero attached hydrogens (tertiary/aromatic N) is 3. The van der Waals surface area contributed by atoms with Crippen molar-refractivity contribution in [3.8, 4) is 16.9 Å². The van der Waals surface area contributed by atoms with Gasteiger partial charge in [-0.2, -0.15) is 0 Å². The van der Waals surface area contributed by atoms with Crippen LogP contribution in [0.2, 0.25) is 5.02 Å². The highest BCUT2D eigenvalue weighted by Gasteiger charge is 2.31. The van der Waals surface area contributed by atoms with Crippen LogP contribution in [0.5, 0.6) is 5.75 Å². The lowest BCUT2D eigenvalue weighted by Gasteiger charge is -2.36. The molecule has 1 unspecified atom stereocenters. The number of aromatic nitrogens is 2. The number of hydrogen-bond donors (Lipinski definition) is 1. The Balaban J connectivity index is 1.60. The Morgan fingerprint density at radius 3 is 2.81 bits per heavy atom. The van der Waals surface area contributed by atoms with E-state index in [1.807, 2.05) is 18.2 Å². The summed E-state index contributed by atoms with van der Waals surface area (Å²) in [6, 6.07) is 12.8. The van der Waals surface area contributed by atoms with E-state index in [9.17, 15) is 9.18 Å². The number of nitrogen functional groups attached to an aromatic ring is 1. The van der Waals surface area contributed by atoms with E-state index >= 15 is 0 Å². The Morgan fingerprint density at radius 1 is 1.23 bits per heavy atom. The van der Waals surface area contributed by atoms with Crippen molar-refractivity contribution in [1.29, 1.82) is 0 Å². The van der Waals surface area contributed by atoms with Gasteiger partial charge >= 0.3 is 0 Å². The summed E-state index contributed by atoms with van der Waals surface area (Å²) in [5.41, 5.74) is 8.26. The Bertz CT molecular complexity index is 1080. The quantitative estimate of drug-likeness (QED) is 0.624. The average Bonchev–Trinajstić information content (AvgIpc) is 2.78. The zero-order valence-corrected chi connectivity index (χ0v) is 17.6. The highest BCUT2D eigenvalue weighted by Crippen LogP contribution is 2.36. The van der Waals surface area contributed by atoms with Gasteiger partial charge in [-0.3, -0.25) is 4.79 Å². The molecule has 8 heteroatoms. The molecule has 3 aromatic rings. The Hall–Kier alpha value is -3.19. The smallest absolute Gasteiger partial charge is 0.261 e. The molecule has 1 saturated heterocycles. The van der Waals surface area contributed by atoms with Gasteiger partial charge in [-0.25, -0.2) is 14.4 Å². The van der Waals surface area contributed by atoms with E-state index in [1.165, 1.54) is 24.3 Å². The highest BCUT2D eigenvalue weighted by atomic mass is 35.5. The van der Waals surface area contributed by atoms with Crippen LogP contribution in [0.1, 0.15) is 31.0 Å². The number of anilines is 1. The van der Waals surface area contributed by atoms with Gasteiger partial charge in [0, 0.05) is 23.3 Å². The molecule has 160 valence electrons. The summed E-state index contributed by atoms with van der Waals surface area (Å²) in [7, 11) is 0. The minimum atomic E-state index is -0.357. The van der Waals surface area contributed by atoms with Crippen molar-refractivity contribution in [2.45, 2.75) is 25.3 Å². The third-order valence-corrected chi connectivity index (χ3v) is 5.52. The predicted molar refractivity (Wildman–Crippen MR) is 117 cm³/mol. The highest BCUT2D eigenvalue weighted by molar-refractivity contribution is 6.30. The van der Waals surface area contributed by atoms with Gasteiger partial charge in [0.25, 0.3) is 5.91 Å². The van der Waals surface area contributed by atoms with Gasteiger partial charge in [0.15, 0.2) is 6.61 Å². The molecule has 1 aromatic heterocycles. The van der Waals surface area contributed by atoms with E-state index < -0.39 is 0 Å². The normalized spacial score (nSPS) is 16.2. The summed E-state index contributed by atoms with van der Waals surface area (Å²) in [5, 5.41) is 0.601. The molecule has 1 atom stereocenters. The van der Waals surface area contributed by atoms with Gasteiger partial charge in [0.1, 0.15) is 11.6 Å². The van der Waals surface area contributed by atoms with Gasteiger partial charge < -0.3 is 15.4 Å². The molecule has 0 aliphatic carbocycles. The van der Waals surface area contributed by atoms with Crippen molar-refractivity contribution in [2.75, 3.05) is 18.9 Å². The molecule has 31 heavy (non-hydrogen) atoms. The Morgan fingerprint density at radius 2 is 2.03 bits per heavy atom. The van der Waals surface area contributed by atoms with Crippen LogP contribution < -0.4 is 10.5 Å². The third-order valence-electron chi connectivity index (χ3n) is 5.29. The molecule has 2 heterocycles. The van der Waals surface area contributed by atoms with Crippen molar-refractivity contribution >= 4 is 23.5 Å². The van der Waals surface area contributed by atoms with Gasteiger partial charge in [-0.1, -0.05) is 23.7 Å². The molecular formula is C23H22ClFN4O2. The third kappa shape index (κ3) is 4.94. The topological polar surface area (TPSA) is 81.3 Å². The van der Waals surface area contributed by atoms with Gasteiger partial charge in [0.2, 0.25) is 5.95 Å². The van der Waals surface area contributed by atoms with Crippen LogP contribution in [0.3, 0.4) is 0 Å². The first kappa shape index (κ1) is 21.1. The number of carbonyl (C=O) groups excluding carboxylic acids is 1. The molecule has 1 aliphatic rings. The lowest BCUT2D eigenvalue weighted by atomic mass is 9.93. The number of hydrogen-bond acceptors (Lipinski definition) is 5. The molecular weight excluding hydrogens is 419 g/mol. The Labute approximate surface area is 184 Å². The van der Waals surface area contributed by atoms with Crippen molar-refractivity contribution in [3.63, 3.8) is 0 Å². The molecule has 0 spiro atoms. The molecule has 1 fully saturated rings. The lowest BCUT2D eigenvalue weighted by Crippen LogP contribution is -2.41. The molecule has 1 amide bonds. The first-order valence-corrected chi connectivity index (χ1v) is 10.5. The van der Waals surface area contributed by atoms with Gasteiger partial charge in [-0.15, -0.1) is 0 Å². The van der Waals surface area contributed by atoms with Crippen LogP contribution >= 0.6 is 11.6 Å². The fraction of sp³-hybridized carbons (Fsp3) is 0.261. The van der Waals surface area contributed by atoms with Gasteiger partial charge in [0.05, 0.1) is 11.7 Å². The van der Waals surface area contributed by atoms with Crippen molar-refractivity contribution in [1.82, 2.24) is 14.9 Å². The van der Waals surface area contributed by atoms with E-state index in [-0.39, 0.29) is 30.3 Å². The summed E-state index contributed by atoms with van der Waals surface area (Å²) < 4.78 is 18.7. The van der Waals surface area contributed by atoms with Crippen LogP contribution in [-0.4, -0.2) is 33.9 Å². The van der Waals surface area contributed by atoms with Crippen LogP contribution in [0, 0.1) is 5.82 Å². The largest absolute Gasteiger partial charge is 0.484 e. The van der Waals surface area contributed by atoms with Gasteiger partial charge in [-0.05, 0) is 61.2 Å². The van der Waals surface area contributed by atoms with E-state index in [4.69, 9.17) is 22.1 Å². The maximum absolute atomic E-state index is 13.1. The Kier molecular flexibility index (Phi) is 6.32. The average molecular weight is 441 g/mol. The number of nitrogens with two attached hydrogens (primary N) is 1. The molecule has 1 aliphatic heterocycles. The zero-order valence-electron chi connectivity index (χ0n) is 16.8. The van der Waals surface area contributed by atoms with Crippen LogP contribution in [0.25, 0.3) is 11.1 Å². The first-order valence-electron chi connectivity index (χ1n) is 10.1. The van der Waals surface area contributed by atoms with E-state index in [2.05, 4.69) is 9.97 Å². The molecule has 0 saturated carbocycles. The number of amides is 1. The second-order valence-electron chi connectivity index (χ2n) is 7.38. The summed E-state index contributed by atoms with van der Waals surface area (Å²) in [5.74, 6) is 0.0726. The van der Waals surface area contributed by atoms with Crippen LogP contribution in [0.15, 0.2) is 54.7 Å². The van der Waals surface area contributed by atoms with E-state index in [0.29, 0.717) is 23.0 Å². The number of halogens is 2. The van der Waals surface area contributed by atoms with E-state index in [0.717, 1.165) is 30.4 Å². The lowest BCUT2D eigenvalue weighted by molar-refractivity contribution is -0.137. The first-order chi connectivity index (χ1) is 15.0. The number of carbonyl (C=O) groups is 1. The molecule has 4 rings (SSSR count). The molecule has 0 radical (unpaired) electrons. The van der Waals surface area contributed by atoms with Crippen molar-refractivity contribution in [3.05, 3.63) is 71.3 Å². The van der Waals surface area contributed by atoms with Crippen LogP contribution in [-0.2, 0) is 4.79 Å². The maximum Gasteiger partial charge on any atom is 0.261 e. The summed E-state index contributed by atoms with van der Waals surface area (Å²) in [4.78, 5) is 23.5. The molecule has 2 N–H and O–H groups in total. The van der Waals surface area contributed by atoms with Crippen molar-refractivity contribution in [2.24, 2.45) is 0 Å². The summed E-state index contributed by atoms with van der Waals surface area (Å²) >= 11 is 6.18. The SMILES string of the molecule is Nc1ncc(-c2cccc(Cl)c2)c(C2CCCCN2C(=O)COc2ccc(F)cc2)n1. The summed E-state index contributed by atoms with van der Waals surface area (Å²) in [6.07, 6.45) is 4.29. The number of likely N-dealkylation sites (tertiary alicyclic amines) is 1. The maximum atomic E-state index is 13.1. The van der Waals surface area contributed by atoms with E-state index in [1.54, 1.807) is 17.2 Å². The van der Waals surface area contributed by atoms with Crippen LogP contribution in [0.4, 0.5) is 10.3 Å². The standard InChI is InChI=1S/C23H22ClFN4O2/c24-16-5-3-4-15(12-16)19-13-27-23(26)28-22(19)20-6-1-2-11-29(20)21(30)14-31-18-9-7-17(25)8-10-18/h3-5,7-10,12-13,20H,1-2,6,11,14H2,(H2,26,27,28). The summed E-state index contributed by atoms with van der Waals surface area (Å²) in [6.45, 7) is 0.449. The fourth-order valence-corrected chi connectivity index (χ4v) is 4.01. The molecule has 2 aromatic carbocycles. The predicted octanol–water partition coefficient (Wildman–Crippen LogP) is 4.65. The molecule has 0 bridgehead atoms. The second-order valence-corrected chi connectivity index (χ2v) is 7.82. The number of ether oxygens (including phenoxy) is 1. The minimum absolute atomic E-state index is 0.144. The number of rotatable bonds is 5. The minimum Gasteiger partial charge on any atom is -0.484 e. The number of benzene rings is 2. The fourth-order valence-electron chi connectivity index (χ4n) is 3.81. The number of piperidine rings is 1. The monoisotopic (exact) mass is 440 g/mol. The molecule has 6 nitrogen and oxygen atoms in total. The zero-order chi connectivity index (χ0) is 21.8.